The number of nitrogens with one attached hydrogen (secondary N) is 1. The van der Waals surface area contributed by atoms with Crippen LogP contribution in [0, 0.1) is 0 Å². The molecular weight excluding hydrogens is 510 g/mol. The summed E-state index contributed by atoms with van der Waals surface area (Å²) in [6.45, 7) is 0.421. The van der Waals surface area contributed by atoms with Crippen molar-refractivity contribution in [3.8, 4) is 0 Å². The molecule has 0 aliphatic carbocycles. The van der Waals surface area contributed by atoms with E-state index in [0.717, 1.165) is 15.7 Å². The molecule has 3 aromatic carbocycles. The number of rotatable bonds is 5. The van der Waals surface area contributed by atoms with Crippen LogP contribution in [0.4, 0.5) is 11.4 Å². The minimum atomic E-state index is -0.550. The minimum Gasteiger partial charge on any atom is -0.335 e. The van der Waals surface area contributed by atoms with E-state index in [9.17, 15) is 9.59 Å². The van der Waals surface area contributed by atoms with E-state index in [0.29, 0.717) is 22.4 Å². The molecule has 1 fully saturated rings. The molecule has 1 heterocycles. The van der Waals surface area contributed by atoms with E-state index in [2.05, 4.69) is 26.2 Å². The first-order valence-electron chi connectivity index (χ1n) is 9.89. The Labute approximate surface area is 204 Å². The zero-order chi connectivity index (χ0) is 22.5. The molecule has 3 aromatic rings. The van der Waals surface area contributed by atoms with E-state index < -0.39 is 5.25 Å². The van der Waals surface area contributed by atoms with Crippen molar-refractivity contribution >= 4 is 67.6 Å². The number of amidine groups is 1. The highest BCUT2D eigenvalue weighted by molar-refractivity contribution is 9.10. The van der Waals surface area contributed by atoms with Crippen LogP contribution in [0.1, 0.15) is 12.0 Å². The topological polar surface area (TPSA) is 61.8 Å². The van der Waals surface area contributed by atoms with Gasteiger partial charge in [-0.15, -0.1) is 0 Å². The number of carbonyl (C=O) groups excluding carboxylic acids is 2. The molecule has 1 atom stereocenters. The summed E-state index contributed by atoms with van der Waals surface area (Å²) in [5, 5.41) is 3.98. The van der Waals surface area contributed by atoms with Gasteiger partial charge in [0.05, 0.1) is 12.2 Å². The summed E-state index contributed by atoms with van der Waals surface area (Å²) in [6.07, 6.45) is 0.121. The Morgan fingerprint density at radius 2 is 1.72 bits per heavy atom. The van der Waals surface area contributed by atoms with Crippen molar-refractivity contribution in [1.29, 1.82) is 0 Å². The lowest BCUT2D eigenvalue weighted by molar-refractivity contribution is -0.121. The number of anilines is 2. The van der Waals surface area contributed by atoms with Crippen LogP contribution in [0.25, 0.3) is 0 Å². The Hall–Kier alpha value is -2.61. The van der Waals surface area contributed by atoms with Gasteiger partial charge in [-0.25, -0.2) is 4.90 Å². The highest BCUT2D eigenvalue weighted by Gasteiger charge is 2.40. The second-order valence-corrected chi connectivity index (χ2v) is 9.64. The lowest BCUT2D eigenvalue weighted by Gasteiger charge is -2.16. The third-order valence-corrected chi connectivity index (χ3v) is 6.68. The molecule has 2 amide bonds. The van der Waals surface area contributed by atoms with Crippen molar-refractivity contribution in [3.05, 3.63) is 93.9 Å². The fourth-order valence-corrected chi connectivity index (χ4v) is 4.60. The first kappa shape index (κ1) is 22.6. The first-order valence-corrected chi connectivity index (χ1v) is 11.9. The van der Waals surface area contributed by atoms with Crippen LogP contribution in [0.2, 0.25) is 5.02 Å². The number of thioether (sulfide) groups is 1. The number of amides is 2. The summed E-state index contributed by atoms with van der Waals surface area (Å²) in [4.78, 5) is 31.7. The molecule has 8 heteroatoms. The molecule has 0 bridgehead atoms. The SMILES string of the molecule is O=C1C[C@H](SC(=NCc2ccc(Cl)cc2)Nc2ccccc2)C(=O)N1c1ccc(Br)cc1. The van der Waals surface area contributed by atoms with Crippen molar-refractivity contribution in [3.63, 3.8) is 0 Å². The molecule has 1 aliphatic heterocycles. The fraction of sp³-hybridized carbons (Fsp3) is 0.125. The zero-order valence-electron chi connectivity index (χ0n) is 16.9. The van der Waals surface area contributed by atoms with Gasteiger partial charge < -0.3 is 5.32 Å². The van der Waals surface area contributed by atoms with Crippen molar-refractivity contribution < 1.29 is 9.59 Å². The number of benzene rings is 3. The van der Waals surface area contributed by atoms with E-state index in [4.69, 9.17) is 11.6 Å². The maximum absolute atomic E-state index is 13.1. The maximum atomic E-state index is 13.1. The van der Waals surface area contributed by atoms with Crippen molar-refractivity contribution in [2.45, 2.75) is 18.2 Å². The third-order valence-electron chi connectivity index (χ3n) is 4.79. The Morgan fingerprint density at radius 3 is 2.41 bits per heavy atom. The molecule has 0 aromatic heterocycles. The van der Waals surface area contributed by atoms with Crippen LogP contribution in [0.5, 0.6) is 0 Å². The molecule has 4 rings (SSSR count). The molecule has 0 radical (unpaired) electrons. The van der Waals surface area contributed by atoms with Gasteiger partial charge in [-0.3, -0.25) is 14.6 Å². The number of aliphatic imine (C=N–C) groups is 1. The molecule has 1 aliphatic rings. The average Bonchev–Trinajstić information content (AvgIpc) is 3.07. The lowest BCUT2D eigenvalue weighted by Crippen LogP contribution is -2.31. The number of para-hydroxylation sites is 1. The van der Waals surface area contributed by atoms with Crippen molar-refractivity contribution in [2.24, 2.45) is 4.99 Å². The Balaban J connectivity index is 1.53. The Kier molecular flexibility index (Phi) is 7.29. The van der Waals surface area contributed by atoms with E-state index in [1.54, 1.807) is 12.1 Å². The van der Waals surface area contributed by atoms with Gasteiger partial charge in [0.1, 0.15) is 5.25 Å². The van der Waals surface area contributed by atoms with Crippen LogP contribution in [-0.2, 0) is 16.1 Å². The Bertz CT molecular complexity index is 1140. The molecule has 0 saturated carbocycles. The van der Waals surface area contributed by atoms with Gasteiger partial charge in [0.25, 0.3) is 0 Å². The fourth-order valence-electron chi connectivity index (χ4n) is 3.20. The quantitative estimate of drug-likeness (QED) is 0.246. The molecule has 162 valence electrons. The molecule has 1 N–H and O–H groups in total. The second kappa shape index (κ2) is 10.3. The molecule has 0 spiro atoms. The average molecular weight is 529 g/mol. The number of carbonyl (C=O) groups is 2. The zero-order valence-corrected chi connectivity index (χ0v) is 20.0. The van der Waals surface area contributed by atoms with E-state index in [1.807, 2.05) is 66.7 Å². The predicted octanol–water partition coefficient (Wildman–Crippen LogP) is 6.14. The number of nitrogens with zero attached hydrogens (tertiary/aromatic N) is 2. The molecule has 5 nitrogen and oxygen atoms in total. The summed E-state index contributed by atoms with van der Waals surface area (Å²) >= 11 is 10.6. The van der Waals surface area contributed by atoms with Crippen LogP contribution < -0.4 is 10.2 Å². The monoisotopic (exact) mass is 527 g/mol. The predicted molar refractivity (Wildman–Crippen MR) is 135 cm³/mol. The minimum absolute atomic E-state index is 0.121. The smallest absolute Gasteiger partial charge is 0.247 e. The molecule has 32 heavy (non-hydrogen) atoms. The molecule has 0 unspecified atom stereocenters. The Morgan fingerprint density at radius 1 is 1.03 bits per heavy atom. The first-order chi connectivity index (χ1) is 15.5. The van der Waals surface area contributed by atoms with Gasteiger partial charge in [0, 0.05) is 21.6 Å². The molecular formula is C24H19BrClN3O2S. The third kappa shape index (κ3) is 5.59. The maximum Gasteiger partial charge on any atom is 0.247 e. The van der Waals surface area contributed by atoms with E-state index in [1.165, 1.54) is 16.7 Å². The van der Waals surface area contributed by atoms with Crippen LogP contribution in [-0.4, -0.2) is 22.2 Å². The highest BCUT2D eigenvalue weighted by Crippen LogP contribution is 2.31. The summed E-state index contributed by atoms with van der Waals surface area (Å²) in [6, 6.07) is 24.2. The summed E-state index contributed by atoms with van der Waals surface area (Å²) in [5.41, 5.74) is 2.42. The van der Waals surface area contributed by atoms with Crippen molar-refractivity contribution in [2.75, 3.05) is 10.2 Å². The van der Waals surface area contributed by atoms with Crippen LogP contribution in [0.15, 0.2) is 88.3 Å². The number of hydrogen-bond donors (Lipinski definition) is 1. The van der Waals surface area contributed by atoms with E-state index >= 15 is 0 Å². The second-order valence-electron chi connectivity index (χ2n) is 7.09. The normalized spacial score (nSPS) is 16.5. The number of halogens is 2. The number of imide groups is 1. The van der Waals surface area contributed by atoms with Crippen LogP contribution >= 0.6 is 39.3 Å². The summed E-state index contributed by atoms with van der Waals surface area (Å²) in [7, 11) is 0. The van der Waals surface area contributed by atoms with Crippen LogP contribution in [0.3, 0.4) is 0 Å². The highest BCUT2D eigenvalue weighted by atomic mass is 79.9. The van der Waals surface area contributed by atoms with Gasteiger partial charge >= 0.3 is 0 Å². The molecule has 1 saturated heterocycles. The van der Waals surface area contributed by atoms with E-state index in [-0.39, 0.29) is 18.2 Å². The van der Waals surface area contributed by atoms with Crippen molar-refractivity contribution in [1.82, 2.24) is 0 Å². The van der Waals surface area contributed by atoms with Gasteiger partial charge in [0.15, 0.2) is 5.17 Å². The van der Waals surface area contributed by atoms with Gasteiger partial charge in [-0.2, -0.15) is 0 Å². The largest absolute Gasteiger partial charge is 0.335 e. The van der Waals surface area contributed by atoms with Gasteiger partial charge in [-0.05, 0) is 54.1 Å². The summed E-state index contributed by atoms with van der Waals surface area (Å²) in [5.74, 6) is -0.456. The number of hydrogen-bond acceptors (Lipinski definition) is 4. The van der Waals surface area contributed by atoms with Gasteiger partial charge in [-0.1, -0.05) is 69.6 Å². The standard InChI is InChI=1S/C24H19BrClN3O2S/c25-17-8-12-20(13-9-17)29-22(30)14-21(23(29)31)32-24(28-19-4-2-1-3-5-19)27-15-16-6-10-18(26)11-7-16/h1-13,21H,14-15H2,(H,27,28)/t21-/m0/s1. The summed E-state index contributed by atoms with van der Waals surface area (Å²) < 4.78 is 0.884. The van der Waals surface area contributed by atoms with Gasteiger partial charge in [0.2, 0.25) is 11.8 Å². The lowest BCUT2D eigenvalue weighted by atomic mass is 10.2.